The number of rotatable bonds is 7. The fourth-order valence-corrected chi connectivity index (χ4v) is 4.40. The molecule has 1 fully saturated rings. The van der Waals surface area contributed by atoms with Crippen LogP contribution in [-0.4, -0.2) is 59.7 Å². The van der Waals surface area contributed by atoms with E-state index in [4.69, 9.17) is 10.1 Å². The van der Waals surface area contributed by atoms with Crippen LogP contribution in [0.3, 0.4) is 0 Å². The summed E-state index contributed by atoms with van der Waals surface area (Å²) in [5, 5.41) is 12.4. The summed E-state index contributed by atoms with van der Waals surface area (Å²) >= 11 is 1.40. The number of aromatic nitrogens is 2. The van der Waals surface area contributed by atoms with Gasteiger partial charge in [0, 0.05) is 50.8 Å². The van der Waals surface area contributed by atoms with Gasteiger partial charge in [-0.3, -0.25) is 14.6 Å². The van der Waals surface area contributed by atoms with E-state index in [0.717, 1.165) is 42.7 Å². The number of piperazine rings is 1. The van der Waals surface area contributed by atoms with Gasteiger partial charge in [0.1, 0.15) is 4.88 Å². The Balaban J connectivity index is 1.72. The van der Waals surface area contributed by atoms with Crippen molar-refractivity contribution in [3.8, 4) is 0 Å². The zero-order chi connectivity index (χ0) is 21.7. The summed E-state index contributed by atoms with van der Waals surface area (Å²) in [6, 6.07) is 4.03. The predicted molar refractivity (Wildman–Crippen MR) is 119 cm³/mol. The van der Waals surface area contributed by atoms with Crippen LogP contribution in [0.2, 0.25) is 0 Å². The molecule has 0 atom stereocenters. The molecule has 9 heteroatoms. The molecule has 162 valence electrons. The maximum Gasteiger partial charge on any atom is 0.305 e. The Hall–Kier alpha value is -2.68. The third-order valence-corrected chi connectivity index (χ3v) is 5.95. The molecule has 0 radical (unpaired) electrons. The third-order valence-electron chi connectivity index (χ3n) is 4.79. The molecule has 8 nitrogen and oxygen atoms in total. The summed E-state index contributed by atoms with van der Waals surface area (Å²) in [5.74, 6) is -1.17. The van der Waals surface area contributed by atoms with Gasteiger partial charge in [-0.2, -0.15) is 0 Å². The van der Waals surface area contributed by atoms with Crippen molar-refractivity contribution in [1.82, 2.24) is 15.3 Å². The highest BCUT2D eigenvalue weighted by Crippen LogP contribution is 2.32. The second-order valence-electron chi connectivity index (χ2n) is 8.59. The minimum Gasteiger partial charge on any atom is -0.481 e. The quantitative estimate of drug-likeness (QED) is 0.695. The number of carbonyl (C=O) groups is 2. The van der Waals surface area contributed by atoms with E-state index in [1.165, 1.54) is 11.3 Å². The Kier molecular flexibility index (Phi) is 6.91. The first-order valence-electron chi connectivity index (χ1n) is 10.1. The number of nitrogens with one attached hydrogen (secondary N) is 1. The van der Waals surface area contributed by atoms with E-state index in [0.29, 0.717) is 11.3 Å². The zero-order valence-corrected chi connectivity index (χ0v) is 18.5. The number of carbonyl (C=O) groups excluding carboxylic acids is 1. The Morgan fingerprint density at radius 2 is 1.77 bits per heavy atom. The van der Waals surface area contributed by atoms with Gasteiger partial charge in [0.2, 0.25) is 0 Å². The molecule has 1 aliphatic rings. The summed E-state index contributed by atoms with van der Waals surface area (Å²) in [4.78, 5) is 37.5. The van der Waals surface area contributed by atoms with E-state index >= 15 is 0 Å². The van der Waals surface area contributed by atoms with Crippen LogP contribution in [0.4, 0.5) is 10.8 Å². The van der Waals surface area contributed by atoms with Crippen LogP contribution in [0, 0.1) is 5.41 Å². The number of aliphatic carboxylic acids is 1. The fourth-order valence-electron chi connectivity index (χ4n) is 3.35. The number of hydrogen-bond donors (Lipinski definition) is 2. The van der Waals surface area contributed by atoms with Crippen molar-refractivity contribution in [2.75, 3.05) is 42.5 Å². The maximum atomic E-state index is 12.7. The van der Waals surface area contributed by atoms with Crippen LogP contribution in [0.5, 0.6) is 0 Å². The number of carboxylic acids is 1. The first kappa shape index (κ1) is 22.0. The first-order valence-corrected chi connectivity index (χ1v) is 10.9. The number of anilines is 2. The molecule has 1 amide bonds. The van der Waals surface area contributed by atoms with Crippen LogP contribution in [0.1, 0.15) is 42.6 Å². The van der Waals surface area contributed by atoms with Gasteiger partial charge in [0.15, 0.2) is 5.13 Å². The zero-order valence-electron chi connectivity index (χ0n) is 17.7. The predicted octanol–water partition coefficient (Wildman–Crippen LogP) is 2.66. The van der Waals surface area contributed by atoms with E-state index in [-0.39, 0.29) is 24.3 Å². The molecule has 0 unspecified atom stereocenters. The van der Waals surface area contributed by atoms with E-state index in [1.54, 1.807) is 12.4 Å². The number of amides is 1. The molecule has 0 bridgehead atoms. The van der Waals surface area contributed by atoms with Crippen molar-refractivity contribution < 1.29 is 14.7 Å². The summed E-state index contributed by atoms with van der Waals surface area (Å²) in [6.07, 6.45) is 4.19. The molecule has 0 saturated carbocycles. The van der Waals surface area contributed by atoms with Crippen molar-refractivity contribution in [3.05, 3.63) is 35.1 Å². The van der Waals surface area contributed by atoms with Crippen LogP contribution >= 0.6 is 11.3 Å². The number of hydrogen-bond acceptors (Lipinski definition) is 7. The molecule has 3 rings (SSSR count). The van der Waals surface area contributed by atoms with Crippen molar-refractivity contribution in [1.29, 1.82) is 0 Å². The van der Waals surface area contributed by atoms with Crippen molar-refractivity contribution >= 4 is 34.0 Å². The van der Waals surface area contributed by atoms with E-state index in [1.807, 2.05) is 12.1 Å². The molecule has 2 N–H and O–H groups in total. The SMILES string of the molecule is CC(C)(C)Cc1nc(N2CCN(c3ccncc3)CC2)sc1C(=O)NCCC(=O)O. The van der Waals surface area contributed by atoms with Gasteiger partial charge in [-0.25, -0.2) is 4.98 Å². The molecule has 30 heavy (non-hydrogen) atoms. The average Bonchev–Trinajstić information content (AvgIpc) is 3.10. The molecule has 0 spiro atoms. The average molecular weight is 432 g/mol. The summed E-state index contributed by atoms with van der Waals surface area (Å²) in [7, 11) is 0. The molecule has 2 aromatic rings. The third kappa shape index (κ3) is 5.91. The maximum absolute atomic E-state index is 12.7. The van der Waals surface area contributed by atoms with Gasteiger partial charge < -0.3 is 20.2 Å². The second kappa shape index (κ2) is 9.42. The lowest BCUT2D eigenvalue weighted by molar-refractivity contribution is -0.136. The Labute approximate surface area is 180 Å². The van der Waals surface area contributed by atoms with E-state index in [9.17, 15) is 9.59 Å². The Morgan fingerprint density at radius 3 is 2.37 bits per heavy atom. The monoisotopic (exact) mass is 431 g/mol. The van der Waals surface area contributed by atoms with Gasteiger partial charge in [0.05, 0.1) is 12.1 Å². The molecule has 0 aliphatic carbocycles. The van der Waals surface area contributed by atoms with Crippen LogP contribution < -0.4 is 15.1 Å². The minimum atomic E-state index is -0.928. The minimum absolute atomic E-state index is 0.0124. The second-order valence-corrected chi connectivity index (χ2v) is 9.57. The van der Waals surface area contributed by atoms with Crippen molar-refractivity contribution in [2.45, 2.75) is 33.6 Å². The molecular weight excluding hydrogens is 402 g/mol. The van der Waals surface area contributed by atoms with Crippen LogP contribution in [0.25, 0.3) is 0 Å². The van der Waals surface area contributed by atoms with Crippen LogP contribution in [-0.2, 0) is 11.2 Å². The normalized spacial score (nSPS) is 14.6. The highest BCUT2D eigenvalue weighted by Gasteiger charge is 2.26. The first-order chi connectivity index (χ1) is 14.2. The lowest BCUT2D eigenvalue weighted by Gasteiger charge is -2.35. The molecular formula is C21H29N5O3S. The summed E-state index contributed by atoms with van der Waals surface area (Å²) in [5.41, 5.74) is 1.93. The fraction of sp³-hybridized carbons (Fsp3) is 0.524. The van der Waals surface area contributed by atoms with E-state index in [2.05, 4.69) is 40.9 Å². The molecule has 2 aromatic heterocycles. The van der Waals surface area contributed by atoms with Gasteiger partial charge in [-0.15, -0.1) is 0 Å². The number of carboxylic acid groups (broad SMARTS) is 1. The number of pyridine rings is 1. The molecule has 1 saturated heterocycles. The highest BCUT2D eigenvalue weighted by molar-refractivity contribution is 7.17. The molecule has 1 aliphatic heterocycles. The topological polar surface area (TPSA) is 98.7 Å². The Morgan fingerprint density at radius 1 is 1.13 bits per heavy atom. The van der Waals surface area contributed by atoms with Gasteiger partial charge in [-0.1, -0.05) is 32.1 Å². The lowest BCUT2D eigenvalue weighted by atomic mass is 9.90. The lowest BCUT2D eigenvalue weighted by Crippen LogP contribution is -2.46. The summed E-state index contributed by atoms with van der Waals surface area (Å²) < 4.78 is 0. The smallest absolute Gasteiger partial charge is 0.305 e. The largest absolute Gasteiger partial charge is 0.481 e. The van der Waals surface area contributed by atoms with Gasteiger partial charge >= 0.3 is 5.97 Å². The molecule has 3 heterocycles. The molecule has 0 aromatic carbocycles. The van der Waals surface area contributed by atoms with Gasteiger partial charge in [0.25, 0.3) is 5.91 Å². The van der Waals surface area contributed by atoms with E-state index < -0.39 is 5.97 Å². The summed E-state index contributed by atoms with van der Waals surface area (Å²) in [6.45, 7) is 9.86. The number of nitrogens with zero attached hydrogens (tertiary/aromatic N) is 4. The standard InChI is InChI=1S/C21H29N5O3S/c1-21(2,3)14-16-18(19(29)23-9-6-17(27)28)30-20(24-16)26-12-10-25(11-13-26)15-4-7-22-8-5-15/h4-5,7-8H,6,9-14H2,1-3H3,(H,23,29)(H,27,28). The number of thiazole rings is 1. The highest BCUT2D eigenvalue weighted by atomic mass is 32.1. The Bertz CT molecular complexity index is 871. The van der Waals surface area contributed by atoms with Gasteiger partial charge in [-0.05, 0) is 24.0 Å². The van der Waals surface area contributed by atoms with Crippen LogP contribution in [0.15, 0.2) is 24.5 Å². The van der Waals surface area contributed by atoms with Crippen molar-refractivity contribution in [3.63, 3.8) is 0 Å². The van der Waals surface area contributed by atoms with Crippen molar-refractivity contribution in [2.24, 2.45) is 5.41 Å².